The van der Waals surface area contributed by atoms with Crippen molar-refractivity contribution in [1.29, 1.82) is 0 Å². The lowest BCUT2D eigenvalue weighted by Gasteiger charge is -2.10. The summed E-state index contributed by atoms with van der Waals surface area (Å²) < 4.78 is 87.1. The molecule has 9 heteroatoms. The molecule has 96 valence electrons. The predicted molar refractivity (Wildman–Crippen MR) is 45.0 cm³/mol. The predicted octanol–water partition coefficient (Wildman–Crippen LogP) is 4.34. The summed E-state index contributed by atoms with van der Waals surface area (Å²) in [6.07, 6.45) is -5.02. The van der Waals surface area contributed by atoms with Crippen molar-refractivity contribution in [2.45, 2.75) is 16.8 Å². The fourth-order valence-electron chi connectivity index (χ4n) is 0.886. The SMILES string of the molecule is Fc1cc(OC(F)(F)F)ccc1SC(F)(F)F. The topological polar surface area (TPSA) is 9.23 Å². The minimum atomic E-state index is -5.02. The van der Waals surface area contributed by atoms with Crippen molar-refractivity contribution in [3.8, 4) is 5.75 Å². The molecule has 0 atom stereocenters. The second-order valence-electron chi connectivity index (χ2n) is 2.69. The molecule has 0 saturated carbocycles. The molecule has 0 N–H and O–H groups in total. The van der Waals surface area contributed by atoms with Gasteiger partial charge in [0, 0.05) is 6.07 Å². The normalized spacial score (nSPS) is 12.6. The third-order valence-electron chi connectivity index (χ3n) is 1.36. The van der Waals surface area contributed by atoms with Crippen LogP contribution in [0, 0.1) is 5.82 Å². The van der Waals surface area contributed by atoms with E-state index in [1.165, 1.54) is 0 Å². The Morgan fingerprint density at radius 2 is 1.59 bits per heavy atom. The molecule has 1 aromatic rings. The van der Waals surface area contributed by atoms with Crippen LogP contribution in [0.5, 0.6) is 5.75 Å². The van der Waals surface area contributed by atoms with Crippen LogP contribution in [0.3, 0.4) is 0 Å². The minimum absolute atomic E-state index is 0.238. The van der Waals surface area contributed by atoms with Crippen molar-refractivity contribution in [2.75, 3.05) is 0 Å². The maximum Gasteiger partial charge on any atom is 0.573 e. The largest absolute Gasteiger partial charge is 0.573 e. The lowest BCUT2D eigenvalue weighted by atomic mass is 10.3. The molecule has 0 aliphatic rings. The highest BCUT2D eigenvalue weighted by Crippen LogP contribution is 2.39. The smallest absolute Gasteiger partial charge is 0.406 e. The monoisotopic (exact) mass is 280 g/mol. The van der Waals surface area contributed by atoms with Crippen LogP contribution in [0.25, 0.3) is 0 Å². The van der Waals surface area contributed by atoms with E-state index in [2.05, 4.69) is 4.74 Å². The molecule has 17 heavy (non-hydrogen) atoms. The molecule has 0 amide bonds. The molecular weight excluding hydrogens is 277 g/mol. The van der Waals surface area contributed by atoms with Gasteiger partial charge in [-0.1, -0.05) is 0 Å². The first kappa shape index (κ1) is 13.9. The number of halogens is 7. The zero-order valence-corrected chi connectivity index (χ0v) is 8.51. The van der Waals surface area contributed by atoms with Crippen LogP contribution < -0.4 is 4.74 Å². The quantitative estimate of drug-likeness (QED) is 0.589. The Bertz CT molecular complexity index is 398. The van der Waals surface area contributed by atoms with E-state index in [0.29, 0.717) is 12.1 Å². The Balaban J connectivity index is 2.87. The van der Waals surface area contributed by atoms with Crippen LogP contribution in [0.4, 0.5) is 30.7 Å². The van der Waals surface area contributed by atoms with Gasteiger partial charge in [0.05, 0.1) is 4.90 Å². The van der Waals surface area contributed by atoms with Crippen molar-refractivity contribution in [2.24, 2.45) is 0 Å². The first-order valence-electron chi connectivity index (χ1n) is 3.88. The number of ether oxygens (including phenoxy) is 1. The summed E-state index contributed by atoms with van der Waals surface area (Å²) in [6, 6.07) is 1.40. The molecule has 0 heterocycles. The van der Waals surface area contributed by atoms with E-state index in [1.54, 1.807) is 0 Å². The van der Waals surface area contributed by atoms with Crippen molar-refractivity contribution >= 4 is 11.8 Å². The summed E-state index contributed by atoms with van der Waals surface area (Å²) in [7, 11) is 0. The van der Waals surface area contributed by atoms with Gasteiger partial charge in [-0.05, 0) is 23.9 Å². The van der Waals surface area contributed by atoms with Gasteiger partial charge in [-0.2, -0.15) is 13.2 Å². The van der Waals surface area contributed by atoms with Gasteiger partial charge in [0.15, 0.2) is 0 Å². The summed E-state index contributed by atoms with van der Waals surface area (Å²) in [5, 5.41) is 0. The van der Waals surface area contributed by atoms with Gasteiger partial charge in [0.2, 0.25) is 0 Å². The molecule has 0 aliphatic carbocycles. The van der Waals surface area contributed by atoms with Crippen LogP contribution >= 0.6 is 11.8 Å². The van der Waals surface area contributed by atoms with Crippen molar-refractivity contribution < 1.29 is 35.5 Å². The van der Waals surface area contributed by atoms with Crippen LogP contribution in [-0.2, 0) is 0 Å². The van der Waals surface area contributed by atoms with E-state index in [0.717, 1.165) is 0 Å². The van der Waals surface area contributed by atoms with E-state index in [9.17, 15) is 30.7 Å². The van der Waals surface area contributed by atoms with E-state index < -0.39 is 40.1 Å². The number of benzene rings is 1. The number of rotatable bonds is 2. The van der Waals surface area contributed by atoms with Crippen LogP contribution in [0.15, 0.2) is 23.1 Å². The number of hydrogen-bond donors (Lipinski definition) is 0. The van der Waals surface area contributed by atoms with Crippen molar-refractivity contribution in [3.63, 3.8) is 0 Å². The fraction of sp³-hybridized carbons (Fsp3) is 0.250. The van der Waals surface area contributed by atoms with Crippen LogP contribution in [0.1, 0.15) is 0 Å². The summed E-state index contributed by atoms with van der Waals surface area (Å²) in [4.78, 5) is -0.827. The molecule has 0 fully saturated rings. The van der Waals surface area contributed by atoms with Gasteiger partial charge in [0.25, 0.3) is 0 Å². The van der Waals surface area contributed by atoms with Gasteiger partial charge in [-0.25, -0.2) is 4.39 Å². The average Bonchev–Trinajstić information content (AvgIpc) is 2.05. The van der Waals surface area contributed by atoms with Crippen molar-refractivity contribution in [1.82, 2.24) is 0 Å². The Hall–Kier alpha value is -1.12. The lowest BCUT2D eigenvalue weighted by Crippen LogP contribution is -2.17. The zero-order chi connectivity index (χ0) is 13.3. The summed E-state index contributed by atoms with van der Waals surface area (Å²) in [6.45, 7) is 0. The highest BCUT2D eigenvalue weighted by atomic mass is 32.2. The Morgan fingerprint density at radius 1 is 1.00 bits per heavy atom. The minimum Gasteiger partial charge on any atom is -0.406 e. The number of thioether (sulfide) groups is 1. The van der Waals surface area contributed by atoms with E-state index in [4.69, 9.17) is 0 Å². The lowest BCUT2D eigenvalue weighted by molar-refractivity contribution is -0.274. The highest BCUT2D eigenvalue weighted by molar-refractivity contribution is 8.00. The second-order valence-corrected chi connectivity index (χ2v) is 3.79. The summed E-state index contributed by atoms with van der Waals surface area (Å²) in [5.41, 5.74) is -4.72. The van der Waals surface area contributed by atoms with Gasteiger partial charge in [0.1, 0.15) is 11.6 Å². The van der Waals surface area contributed by atoms with Crippen molar-refractivity contribution in [3.05, 3.63) is 24.0 Å². The first-order valence-corrected chi connectivity index (χ1v) is 4.69. The number of alkyl halides is 6. The molecule has 1 rings (SSSR count). The Kier molecular flexibility index (Phi) is 3.80. The molecule has 0 radical (unpaired) electrons. The highest BCUT2D eigenvalue weighted by Gasteiger charge is 2.33. The molecule has 0 saturated heterocycles. The van der Waals surface area contributed by atoms with Gasteiger partial charge in [-0.15, -0.1) is 13.2 Å². The second kappa shape index (κ2) is 4.63. The Morgan fingerprint density at radius 3 is 2.00 bits per heavy atom. The van der Waals surface area contributed by atoms with Gasteiger partial charge >= 0.3 is 11.9 Å². The molecular formula is C8H3F7OS. The van der Waals surface area contributed by atoms with Crippen LogP contribution in [0.2, 0.25) is 0 Å². The van der Waals surface area contributed by atoms with Crippen LogP contribution in [-0.4, -0.2) is 11.9 Å². The first-order chi connectivity index (χ1) is 7.57. The summed E-state index contributed by atoms with van der Waals surface area (Å²) in [5.74, 6) is -2.35. The molecule has 0 spiro atoms. The van der Waals surface area contributed by atoms with E-state index >= 15 is 0 Å². The third kappa shape index (κ3) is 5.16. The molecule has 0 aromatic heterocycles. The third-order valence-corrected chi connectivity index (χ3v) is 2.15. The van der Waals surface area contributed by atoms with Gasteiger partial charge < -0.3 is 4.74 Å². The molecule has 1 nitrogen and oxygen atoms in total. The average molecular weight is 280 g/mol. The van der Waals surface area contributed by atoms with E-state index in [-0.39, 0.29) is 6.07 Å². The van der Waals surface area contributed by atoms with Gasteiger partial charge in [-0.3, -0.25) is 0 Å². The maximum atomic E-state index is 13.0. The maximum absolute atomic E-state index is 13.0. The fourth-order valence-corrected chi connectivity index (χ4v) is 1.43. The summed E-state index contributed by atoms with van der Waals surface area (Å²) >= 11 is -0.758. The molecule has 0 unspecified atom stereocenters. The van der Waals surface area contributed by atoms with E-state index in [1.807, 2.05) is 0 Å². The molecule has 0 bridgehead atoms. The molecule has 1 aromatic carbocycles. The zero-order valence-electron chi connectivity index (χ0n) is 7.69. The Labute approximate surface area is 94.6 Å². The number of hydrogen-bond acceptors (Lipinski definition) is 2. The molecule has 0 aliphatic heterocycles. The standard InChI is InChI=1S/C8H3F7OS/c9-5-3-4(16-7(10,11)12)1-2-6(5)17-8(13,14)15/h1-3H.